The van der Waals surface area contributed by atoms with Gasteiger partial charge in [-0.3, -0.25) is 4.90 Å². The van der Waals surface area contributed by atoms with Crippen LogP contribution in [0.2, 0.25) is 0 Å². The predicted molar refractivity (Wildman–Crippen MR) is 97.1 cm³/mol. The molecule has 1 aromatic carbocycles. The number of benzene rings is 1. The van der Waals surface area contributed by atoms with Gasteiger partial charge in [-0.15, -0.1) is 0 Å². The molecule has 0 atom stereocenters. The Kier molecular flexibility index (Phi) is 6.53. The van der Waals surface area contributed by atoms with Crippen molar-refractivity contribution in [2.45, 2.75) is 12.8 Å². The van der Waals surface area contributed by atoms with Gasteiger partial charge in [-0.2, -0.15) is 0 Å². The van der Waals surface area contributed by atoms with Crippen LogP contribution < -0.4 is 4.74 Å². The van der Waals surface area contributed by atoms with Crippen molar-refractivity contribution in [3.05, 3.63) is 29.8 Å². The van der Waals surface area contributed by atoms with Gasteiger partial charge in [-0.1, -0.05) is 18.2 Å². The van der Waals surface area contributed by atoms with Gasteiger partial charge in [0.2, 0.25) is 0 Å². The highest BCUT2D eigenvalue weighted by Gasteiger charge is 2.26. The second kappa shape index (κ2) is 9.06. The number of urea groups is 1. The van der Waals surface area contributed by atoms with E-state index in [1.54, 1.807) is 7.11 Å². The molecular formula is C19H29N3O3. The summed E-state index contributed by atoms with van der Waals surface area (Å²) in [5.41, 5.74) is 1.27. The molecule has 138 valence electrons. The average molecular weight is 347 g/mol. The Balaban J connectivity index is 1.38. The van der Waals surface area contributed by atoms with Crippen LogP contribution in [0.5, 0.6) is 5.75 Å². The van der Waals surface area contributed by atoms with Crippen LogP contribution >= 0.6 is 0 Å². The number of ether oxygens (including phenoxy) is 2. The smallest absolute Gasteiger partial charge is 0.320 e. The molecule has 25 heavy (non-hydrogen) atoms. The van der Waals surface area contributed by atoms with Crippen molar-refractivity contribution in [1.82, 2.24) is 14.7 Å². The standard InChI is InChI=1S/C19H29N3O3/c1-24-18-7-3-2-5-17(18)6-4-8-20-9-11-21(12-10-20)19(23)22-13-15-25-16-14-22/h2-3,5,7H,4,6,8-16H2,1H3. The Morgan fingerprint density at radius 1 is 1.04 bits per heavy atom. The lowest BCUT2D eigenvalue weighted by molar-refractivity contribution is 0.0376. The third-order valence-corrected chi connectivity index (χ3v) is 5.04. The summed E-state index contributed by atoms with van der Waals surface area (Å²) >= 11 is 0. The van der Waals surface area contributed by atoms with Crippen LogP contribution in [-0.2, 0) is 11.2 Å². The van der Waals surface area contributed by atoms with Gasteiger partial charge in [0.25, 0.3) is 0 Å². The highest BCUT2D eigenvalue weighted by atomic mass is 16.5. The van der Waals surface area contributed by atoms with Crippen LogP contribution in [-0.4, -0.2) is 86.9 Å². The van der Waals surface area contributed by atoms with Crippen molar-refractivity contribution in [1.29, 1.82) is 0 Å². The van der Waals surface area contributed by atoms with Crippen molar-refractivity contribution in [3.8, 4) is 5.75 Å². The number of piperazine rings is 1. The maximum atomic E-state index is 12.5. The van der Waals surface area contributed by atoms with Gasteiger partial charge in [-0.25, -0.2) is 4.79 Å². The van der Waals surface area contributed by atoms with E-state index < -0.39 is 0 Å². The van der Waals surface area contributed by atoms with Gasteiger partial charge < -0.3 is 19.3 Å². The molecule has 0 saturated carbocycles. The quantitative estimate of drug-likeness (QED) is 0.813. The summed E-state index contributed by atoms with van der Waals surface area (Å²) in [7, 11) is 1.73. The molecule has 2 aliphatic rings. The van der Waals surface area contributed by atoms with E-state index in [0.29, 0.717) is 13.2 Å². The molecule has 0 N–H and O–H groups in total. The molecule has 3 rings (SSSR count). The molecule has 1 aromatic rings. The first-order valence-corrected chi connectivity index (χ1v) is 9.24. The third-order valence-electron chi connectivity index (χ3n) is 5.04. The molecule has 0 radical (unpaired) electrons. The zero-order valence-electron chi connectivity index (χ0n) is 15.2. The Bertz CT molecular complexity index is 553. The van der Waals surface area contributed by atoms with E-state index in [-0.39, 0.29) is 6.03 Å². The SMILES string of the molecule is COc1ccccc1CCCN1CCN(C(=O)N2CCOCC2)CC1. The molecule has 0 unspecified atom stereocenters. The lowest BCUT2D eigenvalue weighted by Crippen LogP contribution is -2.54. The second-order valence-corrected chi connectivity index (χ2v) is 6.63. The molecule has 2 aliphatic heterocycles. The van der Waals surface area contributed by atoms with Crippen molar-refractivity contribution < 1.29 is 14.3 Å². The first-order chi connectivity index (χ1) is 12.3. The van der Waals surface area contributed by atoms with Crippen molar-refractivity contribution in [3.63, 3.8) is 0 Å². The highest BCUT2D eigenvalue weighted by molar-refractivity contribution is 5.74. The molecule has 2 amide bonds. The minimum Gasteiger partial charge on any atom is -0.496 e. The maximum absolute atomic E-state index is 12.5. The Morgan fingerprint density at radius 2 is 1.72 bits per heavy atom. The van der Waals surface area contributed by atoms with Crippen LogP contribution in [0, 0.1) is 0 Å². The first kappa shape index (κ1) is 18.0. The van der Waals surface area contributed by atoms with Gasteiger partial charge >= 0.3 is 6.03 Å². The van der Waals surface area contributed by atoms with Gasteiger partial charge in [0.15, 0.2) is 0 Å². The summed E-state index contributed by atoms with van der Waals surface area (Å²) in [6.07, 6.45) is 2.13. The molecule has 6 heteroatoms. The minimum atomic E-state index is 0.178. The van der Waals surface area contributed by atoms with Crippen LogP contribution in [0.1, 0.15) is 12.0 Å². The Labute approximate surface area is 150 Å². The van der Waals surface area contributed by atoms with Gasteiger partial charge in [-0.05, 0) is 31.0 Å². The Hall–Kier alpha value is -1.79. The number of carbonyl (C=O) groups is 1. The number of carbonyl (C=O) groups excluding carboxylic acids is 1. The van der Waals surface area contributed by atoms with Gasteiger partial charge in [0.05, 0.1) is 20.3 Å². The summed E-state index contributed by atoms with van der Waals surface area (Å²) in [5.74, 6) is 0.975. The number of amides is 2. The fraction of sp³-hybridized carbons (Fsp3) is 0.632. The topological polar surface area (TPSA) is 45.2 Å². The van der Waals surface area contributed by atoms with Gasteiger partial charge in [0, 0.05) is 39.3 Å². The van der Waals surface area contributed by atoms with Crippen LogP contribution in [0.4, 0.5) is 4.79 Å². The van der Waals surface area contributed by atoms with Crippen molar-refractivity contribution >= 4 is 6.03 Å². The van der Waals surface area contributed by atoms with E-state index in [1.807, 2.05) is 21.9 Å². The molecule has 0 aliphatic carbocycles. The first-order valence-electron chi connectivity index (χ1n) is 9.24. The molecule has 6 nitrogen and oxygen atoms in total. The van der Waals surface area contributed by atoms with E-state index in [9.17, 15) is 4.79 Å². The predicted octanol–water partition coefficient (Wildman–Crippen LogP) is 1.70. The van der Waals surface area contributed by atoms with E-state index in [4.69, 9.17) is 9.47 Å². The van der Waals surface area contributed by atoms with E-state index in [2.05, 4.69) is 17.0 Å². The van der Waals surface area contributed by atoms with Crippen LogP contribution in [0.25, 0.3) is 0 Å². The lowest BCUT2D eigenvalue weighted by Gasteiger charge is -2.38. The lowest BCUT2D eigenvalue weighted by atomic mass is 10.1. The summed E-state index contributed by atoms with van der Waals surface area (Å²) < 4.78 is 10.7. The number of aryl methyl sites for hydroxylation is 1. The normalized spacial score (nSPS) is 19.1. The number of hydrogen-bond acceptors (Lipinski definition) is 4. The van der Waals surface area contributed by atoms with E-state index in [0.717, 1.165) is 64.4 Å². The third kappa shape index (κ3) is 4.86. The summed E-state index contributed by atoms with van der Waals surface area (Å²) in [6.45, 7) is 7.40. The van der Waals surface area contributed by atoms with Crippen LogP contribution in [0.15, 0.2) is 24.3 Å². The number of para-hydroxylation sites is 1. The number of morpholine rings is 1. The van der Waals surface area contributed by atoms with Crippen molar-refractivity contribution in [2.24, 2.45) is 0 Å². The summed E-state index contributed by atoms with van der Waals surface area (Å²) in [5, 5.41) is 0. The second-order valence-electron chi connectivity index (χ2n) is 6.63. The summed E-state index contributed by atoms with van der Waals surface area (Å²) in [4.78, 5) is 18.9. The molecule has 0 aromatic heterocycles. The zero-order valence-corrected chi connectivity index (χ0v) is 15.2. The number of rotatable bonds is 5. The largest absolute Gasteiger partial charge is 0.496 e. The number of methoxy groups -OCH3 is 1. The van der Waals surface area contributed by atoms with Crippen molar-refractivity contribution in [2.75, 3.05) is 66.1 Å². The van der Waals surface area contributed by atoms with E-state index >= 15 is 0 Å². The summed E-state index contributed by atoms with van der Waals surface area (Å²) in [6, 6.07) is 8.40. The fourth-order valence-electron chi connectivity index (χ4n) is 3.52. The molecule has 0 bridgehead atoms. The fourth-order valence-corrected chi connectivity index (χ4v) is 3.52. The highest BCUT2D eigenvalue weighted by Crippen LogP contribution is 2.19. The molecule has 0 spiro atoms. The average Bonchev–Trinajstić information content (AvgIpc) is 2.69. The van der Waals surface area contributed by atoms with Gasteiger partial charge in [0.1, 0.15) is 5.75 Å². The molecule has 2 fully saturated rings. The molecule has 2 saturated heterocycles. The minimum absolute atomic E-state index is 0.178. The molecular weight excluding hydrogens is 318 g/mol. The van der Waals surface area contributed by atoms with Crippen LogP contribution in [0.3, 0.4) is 0 Å². The van der Waals surface area contributed by atoms with E-state index in [1.165, 1.54) is 5.56 Å². The number of nitrogens with zero attached hydrogens (tertiary/aromatic N) is 3. The number of hydrogen-bond donors (Lipinski definition) is 0. The zero-order chi connectivity index (χ0) is 17.5. The Morgan fingerprint density at radius 3 is 2.44 bits per heavy atom. The molecule has 2 heterocycles. The maximum Gasteiger partial charge on any atom is 0.320 e. The monoisotopic (exact) mass is 347 g/mol.